The van der Waals surface area contributed by atoms with Crippen LogP contribution >= 0.6 is 0 Å². The Morgan fingerprint density at radius 1 is 1.56 bits per heavy atom. The maximum absolute atomic E-state index is 12.7. The minimum atomic E-state index is -0.348. The van der Waals surface area contributed by atoms with Crippen LogP contribution in [0.3, 0.4) is 0 Å². The van der Waals surface area contributed by atoms with Crippen molar-refractivity contribution in [3.8, 4) is 0 Å². The van der Waals surface area contributed by atoms with E-state index in [0.29, 0.717) is 18.8 Å². The third-order valence-electron chi connectivity index (χ3n) is 2.25. The highest BCUT2D eigenvalue weighted by Gasteiger charge is 2.11. The van der Waals surface area contributed by atoms with Crippen LogP contribution in [-0.4, -0.2) is 23.4 Å². The average molecular weight is 224 g/mol. The molecule has 4 nitrogen and oxygen atoms in total. The minimum Gasteiger partial charge on any atom is -0.388 e. The normalized spacial score (nSPS) is 10.5. The fourth-order valence-corrected chi connectivity index (χ4v) is 1.42. The lowest BCUT2D eigenvalue weighted by Crippen LogP contribution is -2.34. The average Bonchev–Trinajstić information content (AvgIpc) is 2.20. The quantitative estimate of drug-likeness (QED) is 0.591. The van der Waals surface area contributed by atoms with E-state index in [9.17, 15) is 4.39 Å². The number of amidine groups is 1. The van der Waals surface area contributed by atoms with E-state index in [1.165, 1.54) is 12.3 Å². The summed E-state index contributed by atoms with van der Waals surface area (Å²) >= 11 is 0. The predicted octanol–water partition coefficient (Wildman–Crippen LogP) is 1.76. The molecule has 0 aliphatic heterocycles. The lowest BCUT2D eigenvalue weighted by molar-refractivity contribution is 0.616. The first kappa shape index (κ1) is 12.4. The molecule has 0 amide bonds. The molecule has 1 aromatic heterocycles. The molecule has 0 bridgehead atoms. The van der Waals surface area contributed by atoms with E-state index in [1.54, 1.807) is 6.07 Å². The number of nitrogens with zero attached hydrogens (tertiary/aromatic N) is 2. The SMILES string of the molecule is CC(C)N(CCC(=N)N)c1ccc(F)cn1. The van der Waals surface area contributed by atoms with Crippen LogP contribution < -0.4 is 10.6 Å². The summed E-state index contributed by atoms with van der Waals surface area (Å²) in [6.07, 6.45) is 1.68. The highest BCUT2D eigenvalue weighted by molar-refractivity contribution is 5.77. The van der Waals surface area contributed by atoms with Gasteiger partial charge in [-0.05, 0) is 26.0 Å². The van der Waals surface area contributed by atoms with Gasteiger partial charge < -0.3 is 10.6 Å². The van der Waals surface area contributed by atoms with E-state index >= 15 is 0 Å². The van der Waals surface area contributed by atoms with E-state index in [4.69, 9.17) is 11.1 Å². The van der Waals surface area contributed by atoms with Gasteiger partial charge in [0.05, 0.1) is 12.0 Å². The van der Waals surface area contributed by atoms with Crippen molar-refractivity contribution < 1.29 is 4.39 Å². The number of pyridine rings is 1. The Morgan fingerprint density at radius 2 is 2.25 bits per heavy atom. The first-order valence-corrected chi connectivity index (χ1v) is 5.22. The molecule has 0 fully saturated rings. The van der Waals surface area contributed by atoms with Crippen LogP contribution in [0.2, 0.25) is 0 Å². The molecule has 0 radical (unpaired) electrons. The zero-order chi connectivity index (χ0) is 12.1. The summed E-state index contributed by atoms with van der Waals surface area (Å²) in [6.45, 7) is 4.65. The molecule has 0 saturated carbocycles. The maximum atomic E-state index is 12.7. The van der Waals surface area contributed by atoms with Gasteiger partial charge >= 0.3 is 0 Å². The Morgan fingerprint density at radius 3 is 2.69 bits per heavy atom. The van der Waals surface area contributed by atoms with Gasteiger partial charge in [-0.3, -0.25) is 5.41 Å². The lowest BCUT2D eigenvalue weighted by atomic mass is 10.2. The van der Waals surface area contributed by atoms with Crippen molar-refractivity contribution in [1.29, 1.82) is 5.41 Å². The Kier molecular flexibility index (Phi) is 4.22. The van der Waals surface area contributed by atoms with E-state index < -0.39 is 0 Å². The number of hydrogen-bond acceptors (Lipinski definition) is 3. The van der Waals surface area contributed by atoms with Crippen LogP contribution in [0.4, 0.5) is 10.2 Å². The second-order valence-electron chi connectivity index (χ2n) is 3.90. The third-order valence-corrected chi connectivity index (χ3v) is 2.25. The molecule has 88 valence electrons. The first-order chi connectivity index (χ1) is 7.50. The molecule has 0 saturated heterocycles. The Labute approximate surface area is 94.8 Å². The molecule has 1 heterocycles. The minimum absolute atomic E-state index is 0.146. The maximum Gasteiger partial charge on any atom is 0.141 e. The predicted molar refractivity (Wildman–Crippen MR) is 63.2 cm³/mol. The van der Waals surface area contributed by atoms with Gasteiger partial charge in [-0.2, -0.15) is 0 Å². The number of hydrogen-bond donors (Lipinski definition) is 2. The second kappa shape index (κ2) is 5.44. The molecule has 0 unspecified atom stereocenters. The summed E-state index contributed by atoms with van der Waals surface area (Å²) < 4.78 is 12.7. The van der Waals surface area contributed by atoms with Crippen molar-refractivity contribution >= 4 is 11.7 Å². The van der Waals surface area contributed by atoms with Gasteiger partial charge in [-0.1, -0.05) is 0 Å². The summed E-state index contributed by atoms with van der Waals surface area (Å²) in [7, 11) is 0. The van der Waals surface area contributed by atoms with E-state index in [1.807, 2.05) is 18.7 Å². The third kappa shape index (κ3) is 3.49. The number of anilines is 1. The van der Waals surface area contributed by atoms with Crippen LogP contribution in [0.25, 0.3) is 0 Å². The van der Waals surface area contributed by atoms with Gasteiger partial charge in [0, 0.05) is 19.0 Å². The summed E-state index contributed by atoms with van der Waals surface area (Å²) in [5.41, 5.74) is 5.32. The Balaban J connectivity index is 2.77. The van der Waals surface area contributed by atoms with Crippen molar-refractivity contribution in [3.05, 3.63) is 24.1 Å². The molecule has 0 aliphatic carbocycles. The molecule has 0 aliphatic rings. The van der Waals surface area contributed by atoms with E-state index in [2.05, 4.69) is 4.98 Å². The Hall–Kier alpha value is -1.65. The topological polar surface area (TPSA) is 66.0 Å². The molecule has 5 heteroatoms. The van der Waals surface area contributed by atoms with Gasteiger partial charge in [0.25, 0.3) is 0 Å². The van der Waals surface area contributed by atoms with Crippen LogP contribution in [0.15, 0.2) is 18.3 Å². The number of rotatable bonds is 5. The van der Waals surface area contributed by atoms with Crippen molar-refractivity contribution in [2.45, 2.75) is 26.3 Å². The van der Waals surface area contributed by atoms with Crippen LogP contribution in [-0.2, 0) is 0 Å². The van der Waals surface area contributed by atoms with Gasteiger partial charge in [0.2, 0.25) is 0 Å². The number of halogens is 1. The molecule has 0 spiro atoms. The van der Waals surface area contributed by atoms with Crippen LogP contribution in [0.1, 0.15) is 20.3 Å². The van der Waals surface area contributed by atoms with Crippen molar-refractivity contribution in [1.82, 2.24) is 4.98 Å². The summed E-state index contributed by atoms with van der Waals surface area (Å²) in [4.78, 5) is 6.00. The zero-order valence-electron chi connectivity index (χ0n) is 9.57. The standard InChI is InChI=1S/C11H17FN4/c1-8(2)16(6-5-10(13)14)11-4-3-9(12)7-15-11/h3-4,7-8H,5-6H2,1-2H3,(H3,13,14). The largest absolute Gasteiger partial charge is 0.388 e. The zero-order valence-corrected chi connectivity index (χ0v) is 9.57. The fourth-order valence-electron chi connectivity index (χ4n) is 1.42. The molecule has 0 atom stereocenters. The second-order valence-corrected chi connectivity index (χ2v) is 3.90. The number of nitrogens with two attached hydrogens (primary N) is 1. The van der Waals surface area contributed by atoms with Crippen molar-refractivity contribution in [3.63, 3.8) is 0 Å². The fraction of sp³-hybridized carbons (Fsp3) is 0.455. The van der Waals surface area contributed by atoms with E-state index in [0.717, 1.165) is 0 Å². The van der Waals surface area contributed by atoms with Crippen LogP contribution in [0.5, 0.6) is 0 Å². The number of nitrogens with one attached hydrogen (secondary N) is 1. The van der Waals surface area contributed by atoms with Crippen molar-refractivity contribution in [2.24, 2.45) is 5.73 Å². The Bertz CT molecular complexity index is 348. The van der Waals surface area contributed by atoms with Gasteiger partial charge in [0.15, 0.2) is 0 Å². The van der Waals surface area contributed by atoms with Gasteiger partial charge in [-0.25, -0.2) is 9.37 Å². The monoisotopic (exact) mass is 224 g/mol. The number of aromatic nitrogens is 1. The summed E-state index contributed by atoms with van der Waals surface area (Å²) in [5.74, 6) is 0.504. The molecule has 3 N–H and O–H groups in total. The smallest absolute Gasteiger partial charge is 0.141 e. The molecule has 0 aromatic carbocycles. The van der Waals surface area contributed by atoms with Gasteiger partial charge in [0.1, 0.15) is 11.6 Å². The van der Waals surface area contributed by atoms with E-state index in [-0.39, 0.29) is 17.7 Å². The summed E-state index contributed by atoms with van der Waals surface area (Å²) in [6, 6.07) is 3.25. The molecular formula is C11H17FN4. The molecule has 1 rings (SSSR count). The molecular weight excluding hydrogens is 207 g/mol. The first-order valence-electron chi connectivity index (χ1n) is 5.22. The lowest BCUT2D eigenvalue weighted by Gasteiger charge is -2.27. The highest BCUT2D eigenvalue weighted by Crippen LogP contribution is 2.14. The highest BCUT2D eigenvalue weighted by atomic mass is 19.1. The summed E-state index contributed by atoms with van der Waals surface area (Å²) in [5, 5.41) is 7.20. The van der Waals surface area contributed by atoms with Gasteiger partial charge in [-0.15, -0.1) is 0 Å². The molecule has 1 aromatic rings. The molecule has 16 heavy (non-hydrogen) atoms. The van der Waals surface area contributed by atoms with Crippen LogP contribution in [0, 0.1) is 11.2 Å². The van der Waals surface area contributed by atoms with Crippen molar-refractivity contribution in [2.75, 3.05) is 11.4 Å².